The van der Waals surface area contributed by atoms with E-state index in [2.05, 4.69) is 16.3 Å². The molecule has 1 aromatic carbocycles. The average molecular weight is 461 g/mol. The van der Waals surface area contributed by atoms with E-state index < -0.39 is 6.10 Å². The highest BCUT2D eigenvalue weighted by atomic mass is 32.1. The molecule has 1 aromatic heterocycles. The van der Waals surface area contributed by atoms with Gasteiger partial charge in [0.05, 0.1) is 32.4 Å². The summed E-state index contributed by atoms with van der Waals surface area (Å²) in [4.78, 5) is 18.8. The lowest BCUT2D eigenvalue weighted by Crippen LogP contribution is -2.48. The first-order valence-electron chi connectivity index (χ1n) is 11.1. The zero-order valence-electron chi connectivity index (χ0n) is 18.7. The Labute approximate surface area is 193 Å². The normalized spacial score (nSPS) is 19.0. The van der Waals surface area contributed by atoms with Gasteiger partial charge in [-0.2, -0.15) is 0 Å². The molecule has 0 radical (unpaired) electrons. The van der Waals surface area contributed by atoms with E-state index in [9.17, 15) is 9.90 Å². The first-order valence-corrected chi connectivity index (χ1v) is 12.0. The number of carbonyl (C=O) groups is 1. The number of aliphatic hydroxyl groups is 1. The maximum absolute atomic E-state index is 13.4. The molecule has 1 aliphatic carbocycles. The smallest absolute Gasteiger partial charge is 0.237 e. The van der Waals surface area contributed by atoms with Crippen LogP contribution in [0.25, 0.3) is 0 Å². The summed E-state index contributed by atoms with van der Waals surface area (Å²) >= 11 is 1.74. The van der Waals surface area contributed by atoms with E-state index in [1.165, 1.54) is 10.4 Å². The third-order valence-electron chi connectivity index (χ3n) is 6.07. The number of methoxy groups -OCH3 is 2. The van der Waals surface area contributed by atoms with E-state index in [1.807, 2.05) is 29.2 Å². The second-order valence-corrected chi connectivity index (χ2v) is 9.41. The molecule has 1 aliphatic heterocycles. The van der Waals surface area contributed by atoms with Crippen molar-refractivity contribution in [1.82, 2.24) is 9.80 Å². The molecule has 0 spiro atoms. The topological polar surface area (TPSA) is 71.5 Å². The van der Waals surface area contributed by atoms with Crippen LogP contribution in [0.1, 0.15) is 29.3 Å². The van der Waals surface area contributed by atoms with Crippen LogP contribution in [0.5, 0.6) is 11.5 Å². The molecule has 8 heteroatoms. The van der Waals surface area contributed by atoms with E-state index in [4.69, 9.17) is 14.2 Å². The number of carbonyl (C=O) groups excluding carboxylic acids is 1. The molecule has 7 nitrogen and oxygen atoms in total. The summed E-state index contributed by atoms with van der Waals surface area (Å²) in [5.41, 5.74) is 1.18. The van der Waals surface area contributed by atoms with E-state index >= 15 is 0 Å². The summed E-state index contributed by atoms with van der Waals surface area (Å²) in [6.45, 7) is 2.10. The monoisotopic (exact) mass is 460 g/mol. The standard InChI is InChI=1S/C24H32N2O5S/c1-29-15-18(27)13-25(17-6-7-17)14-24(28)26-10-8-23-21(9-11-32-23)22(26)16-31-20-5-3-4-19(12-20)30-2/h3-5,9,11-12,17-18,22,27H,6-8,10,13-16H2,1-2H3. The minimum absolute atomic E-state index is 0.0811. The second kappa shape index (κ2) is 10.7. The molecule has 2 aliphatic rings. The Morgan fingerprint density at radius 2 is 2.09 bits per heavy atom. The lowest BCUT2D eigenvalue weighted by Gasteiger charge is -2.37. The Balaban J connectivity index is 1.46. The summed E-state index contributed by atoms with van der Waals surface area (Å²) < 4.78 is 16.5. The lowest BCUT2D eigenvalue weighted by atomic mass is 10.0. The molecule has 2 atom stereocenters. The third-order valence-corrected chi connectivity index (χ3v) is 7.07. The largest absolute Gasteiger partial charge is 0.497 e. The predicted molar refractivity (Wildman–Crippen MR) is 123 cm³/mol. The quantitative estimate of drug-likeness (QED) is 0.556. The van der Waals surface area contributed by atoms with Gasteiger partial charge in [0, 0.05) is 37.2 Å². The zero-order chi connectivity index (χ0) is 22.5. The number of hydrogen-bond donors (Lipinski definition) is 1. The van der Waals surface area contributed by atoms with Crippen molar-refractivity contribution < 1.29 is 24.1 Å². The van der Waals surface area contributed by atoms with Crippen molar-refractivity contribution >= 4 is 17.2 Å². The Morgan fingerprint density at radius 3 is 2.84 bits per heavy atom. The molecule has 2 unspecified atom stereocenters. The molecule has 2 aromatic rings. The van der Waals surface area contributed by atoms with Crippen LogP contribution in [0.4, 0.5) is 0 Å². The minimum Gasteiger partial charge on any atom is -0.497 e. The number of benzene rings is 1. The van der Waals surface area contributed by atoms with Crippen molar-refractivity contribution in [2.45, 2.75) is 37.5 Å². The van der Waals surface area contributed by atoms with Crippen molar-refractivity contribution in [3.05, 3.63) is 46.2 Å². The molecule has 32 heavy (non-hydrogen) atoms. The average Bonchev–Trinajstić information content (AvgIpc) is 3.54. The van der Waals surface area contributed by atoms with Gasteiger partial charge in [-0.15, -0.1) is 11.3 Å². The Hall–Kier alpha value is -2.13. The molecule has 0 saturated heterocycles. The minimum atomic E-state index is -0.592. The number of hydrogen-bond acceptors (Lipinski definition) is 7. The van der Waals surface area contributed by atoms with Crippen LogP contribution < -0.4 is 9.47 Å². The highest BCUT2D eigenvalue weighted by Gasteiger charge is 2.36. The fourth-order valence-corrected chi connectivity index (χ4v) is 5.23. The van der Waals surface area contributed by atoms with Gasteiger partial charge in [0.15, 0.2) is 0 Å². The zero-order valence-corrected chi connectivity index (χ0v) is 19.6. The number of ether oxygens (including phenoxy) is 3. The molecule has 174 valence electrons. The van der Waals surface area contributed by atoms with Crippen molar-refractivity contribution in [2.75, 3.05) is 47.1 Å². The second-order valence-electron chi connectivity index (χ2n) is 8.41. The van der Waals surface area contributed by atoms with Crippen LogP contribution in [-0.4, -0.2) is 80.0 Å². The molecule has 2 heterocycles. The van der Waals surface area contributed by atoms with E-state index in [-0.39, 0.29) is 18.6 Å². The van der Waals surface area contributed by atoms with Crippen molar-refractivity contribution in [3.63, 3.8) is 0 Å². The van der Waals surface area contributed by atoms with Gasteiger partial charge in [0.1, 0.15) is 18.1 Å². The van der Waals surface area contributed by atoms with Gasteiger partial charge in [-0.1, -0.05) is 6.07 Å². The van der Waals surface area contributed by atoms with Gasteiger partial charge in [-0.25, -0.2) is 0 Å². The fourth-order valence-electron chi connectivity index (χ4n) is 4.30. The van der Waals surface area contributed by atoms with E-state index in [0.717, 1.165) is 30.8 Å². The first-order chi connectivity index (χ1) is 15.6. The van der Waals surface area contributed by atoms with Crippen molar-refractivity contribution in [1.29, 1.82) is 0 Å². The molecule has 1 fully saturated rings. The third kappa shape index (κ3) is 5.61. The SMILES string of the molecule is COCC(O)CN(CC(=O)N1CCc2sccc2C1COc1cccc(OC)c1)C1CC1. The first kappa shape index (κ1) is 23.0. The van der Waals surface area contributed by atoms with Crippen LogP contribution in [-0.2, 0) is 16.0 Å². The van der Waals surface area contributed by atoms with Gasteiger partial charge in [0.25, 0.3) is 0 Å². The Kier molecular flexibility index (Phi) is 7.67. The molecule has 1 amide bonds. The number of thiophene rings is 1. The van der Waals surface area contributed by atoms with Crippen molar-refractivity contribution in [2.24, 2.45) is 0 Å². The molecular formula is C24H32N2O5S. The van der Waals surface area contributed by atoms with Crippen LogP contribution >= 0.6 is 11.3 Å². The Bertz CT molecular complexity index is 900. The number of rotatable bonds is 11. The van der Waals surface area contributed by atoms with Gasteiger partial charge >= 0.3 is 0 Å². The molecule has 0 bridgehead atoms. The summed E-state index contributed by atoms with van der Waals surface area (Å²) in [6.07, 6.45) is 2.42. The summed E-state index contributed by atoms with van der Waals surface area (Å²) in [6, 6.07) is 9.89. The summed E-state index contributed by atoms with van der Waals surface area (Å²) in [7, 11) is 3.21. The molecular weight excluding hydrogens is 428 g/mol. The highest BCUT2D eigenvalue weighted by Crippen LogP contribution is 2.35. The van der Waals surface area contributed by atoms with Crippen LogP contribution in [0.15, 0.2) is 35.7 Å². The van der Waals surface area contributed by atoms with Crippen LogP contribution in [0.2, 0.25) is 0 Å². The highest BCUT2D eigenvalue weighted by molar-refractivity contribution is 7.10. The van der Waals surface area contributed by atoms with Crippen LogP contribution in [0.3, 0.4) is 0 Å². The summed E-state index contributed by atoms with van der Waals surface area (Å²) in [5.74, 6) is 1.55. The van der Waals surface area contributed by atoms with Gasteiger partial charge in [-0.05, 0) is 48.4 Å². The molecule has 4 rings (SSSR count). The lowest BCUT2D eigenvalue weighted by molar-refractivity contribution is -0.136. The number of fused-ring (bicyclic) bond motifs is 1. The maximum atomic E-state index is 13.4. The molecule has 1 N–H and O–H groups in total. The summed E-state index contributed by atoms with van der Waals surface area (Å²) in [5, 5.41) is 12.3. The number of amides is 1. The van der Waals surface area contributed by atoms with Gasteiger partial charge in [0.2, 0.25) is 5.91 Å². The number of nitrogens with zero attached hydrogens (tertiary/aromatic N) is 2. The fraction of sp³-hybridized carbons (Fsp3) is 0.542. The van der Waals surface area contributed by atoms with Gasteiger partial charge in [-0.3, -0.25) is 9.69 Å². The van der Waals surface area contributed by atoms with E-state index in [1.54, 1.807) is 25.6 Å². The van der Waals surface area contributed by atoms with Gasteiger partial charge < -0.3 is 24.2 Å². The molecule has 1 saturated carbocycles. The number of aliphatic hydroxyl groups excluding tert-OH is 1. The van der Waals surface area contributed by atoms with E-state index in [0.29, 0.717) is 32.3 Å². The maximum Gasteiger partial charge on any atom is 0.237 e. The Morgan fingerprint density at radius 1 is 1.28 bits per heavy atom. The van der Waals surface area contributed by atoms with Crippen molar-refractivity contribution in [3.8, 4) is 11.5 Å². The predicted octanol–water partition coefficient (Wildman–Crippen LogP) is 2.73. The van der Waals surface area contributed by atoms with Crippen LogP contribution in [0, 0.1) is 0 Å².